The van der Waals surface area contributed by atoms with E-state index in [1.54, 1.807) is 0 Å². The Morgan fingerprint density at radius 3 is 2.42 bits per heavy atom. The number of ether oxygens (including phenoxy) is 5. The molecule has 2 saturated heterocycles. The number of fused-ring (bicyclic) bond motifs is 2. The maximum absolute atomic E-state index is 12.5. The number of epoxide rings is 1. The smallest absolute Gasteiger partial charge is 0.306 e. The molecule has 9 heteroatoms. The summed E-state index contributed by atoms with van der Waals surface area (Å²) in [7, 11) is 0. The highest BCUT2D eigenvalue weighted by atomic mass is 16.7. The van der Waals surface area contributed by atoms with Crippen LogP contribution in [-0.4, -0.2) is 72.3 Å². The maximum Gasteiger partial charge on any atom is 0.306 e. The third kappa shape index (κ3) is 3.51. The molecule has 1 spiro atoms. The fourth-order valence-corrected chi connectivity index (χ4v) is 6.26. The Balaban J connectivity index is 1.79. The molecule has 0 aromatic carbocycles. The minimum absolute atomic E-state index is 0.0617. The van der Waals surface area contributed by atoms with Crippen molar-refractivity contribution in [3.63, 3.8) is 0 Å². The van der Waals surface area contributed by atoms with Crippen LogP contribution >= 0.6 is 0 Å². The summed E-state index contributed by atoms with van der Waals surface area (Å²) in [5.41, 5.74) is -2.00. The summed E-state index contributed by atoms with van der Waals surface area (Å²) in [4.78, 5) is 36.4. The number of hydrogen-bond donors (Lipinski definition) is 1. The van der Waals surface area contributed by atoms with Gasteiger partial charge in [0.05, 0.1) is 23.5 Å². The van der Waals surface area contributed by atoms with Crippen LogP contribution in [0.2, 0.25) is 0 Å². The summed E-state index contributed by atoms with van der Waals surface area (Å²) in [6, 6.07) is 0. The number of carbonyl (C=O) groups excluding carboxylic acids is 3. The van der Waals surface area contributed by atoms with Crippen molar-refractivity contribution in [3.05, 3.63) is 11.6 Å². The van der Waals surface area contributed by atoms with Crippen LogP contribution in [0.15, 0.2) is 11.6 Å². The molecule has 0 unspecified atom stereocenters. The first kappa shape index (κ1) is 24.2. The van der Waals surface area contributed by atoms with Crippen LogP contribution in [-0.2, 0) is 38.1 Å². The summed E-state index contributed by atoms with van der Waals surface area (Å²) < 4.78 is 29.4. The van der Waals surface area contributed by atoms with Crippen LogP contribution in [0.1, 0.15) is 54.4 Å². The van der Waals surface area contributed by atoms with Crippen molar-refractivity contribution in [3.8, 4) is 0 Å². The molecule has 2 heterocycles. The van der Waals surface area contributed by atoms with E-state index in [0.29, 0.717) is 6.61 Å². The van der Waals surface area contributed by atoms with Crippen molar-refractivity contribution in [2.24, 2.45) is 16.7 Å². The molecule has 2 aliphatic heterocycles. The van der Waals surface area contributed by atoms with E-state index >= 15 is 0 Å². The first-order chi connectivity index (χ1) is 15.4. The molecule has 33 heavy (non-hydrogen) atoms. The van der Waals surface area contributed by atoms with Crippen LogP contribution in [0.3, 0.4) is 0 Å². The first-order valence-electron chi connectivity index (χ1n) is 11.5. The van der Waals surface area contributed by atoms with Crippen LogP contribution < -0.4 is 0 Å². The topological polar surface area (TPSA) is 121 Å². The monoisotopic (exact) mass is 466 g/mol. The molecule has 9 nitrogen and oxygen atoms in total. The van der Waals surface area contributed by atoms with Crippen molar-refractivity contribution in [2.75, 3.05) is 13.2 Å². The van der Waals surface area contributed by atoms with Crippen molar-refractivity contribution >= 4 is 17.9 Å². The van der Waals surface area contributed by atoms with Crippen LogP contribution in [0.5, 0.6) is 0 Å². The van der Waals surface area contributed by atoms with E-state index in [-0.39, 0.29) is 31.3 Å². The average molecular weight is 467 g/mol. The molecule has 0 radical (unpaired) electrons. The van der Waals surface area contributed by atoms with E-state index in [4.69, 9.17) is 23.7 Å². The quantitative estimate of drug-likeness (QED) is 0.270. The van der Waals surface area contributed by atoms with Gasteiger partial charge in [0.1, 0.15) is 36.6 Å². The second kappa shape index (κ2) is 8.06. The molecule has 4 rings (SSSR count). The Morgan fingerprint density at radius 1 is 1.21 bits per heavy atom. The van der Waals surface area contributed by atoms with Gasteiger partial charge in [-0.3, -0.25) is 14.4 Å². The van der Waals surface area contributed by atoms with E-state index in [0.717, 1.165) is 5.57 Å². The molecule has 0 aromatic rings. The van der Waals surface area contributed by atoms with Gasteiger partial charge >= 0.3 is 17.9 Å². The summed E-state index contributed by atoms with van der Waals surface area (Å²) >= 11 is 0. The average Bonchev–Trinajstić information content (AvgIpc) is 3.48. The molecule has 0 amide bonds. The highest BCUT2D eigenvalue weighted by molar-refractivity contribution is 5.70. The molecule has 8 atom stereocenters. The van der Waals surface area contributed by atoms with Gasteiger partial charge in [0.2, 0.25) is 0 Å². The molecule has 1 saturated carbocycles. The highest BCUT2D eigenvalue weighted by Gasteiger charge is 2.86. The minimum Gasteiger partial charge on any atom is -0.465 e. The first-order valence-corrected chi connectivity index (χ1v) is 11.5. The van der Waals surface area contributed by atoms with Gasteiger partial charge < -0.3 is 28.8 Å². The number of aliphatic hydroxyl groups excluding tert-OH is 1. The lowest BCUT2D eigenvalue weighted by Gasteiger charge is -2.58. The number of esters is 3. The molecule has 2 aliphatic carbocycles. The van der Waals surface area contributed by atoms with Crippen molar-refractivity contribution in [2.45, 2.75) is 90.5 Å². The molecule has 184 valence electrons. The lowest BCUT2D eigenvalue weighted by Crippen LogP contribution is -2.68. The van der Waals surface area contributed by atoms with Gasteiger partial charge in [-0.15, -0.1) is 0 Å². The van der Waals surface area contributed by atoms with Gasteiger partial charge in [-0.1, -0.05) is 26.8 Å². The van der Waals surface area contributed by atoms with Gasteiger partial charge in [0, 0.05) is 26.7 Å². The molecule has 1 N–H and O–H groups in total. The molecule has 3 fully saturated rings. The summed E-state index contributed by atoms with van der Waals surface area (Å²) in [5, 5.41) is 11.2. The van der Waals surface area contributed by atoms with E-state index < -0.39 is 58.9 Å². The lowest BCUT2D eigenvalue weighted by atomic mass is 9.51. The van der Waals surface area contributed by atoms with Gasteiger partial charge in [-0.25, -0.2) is 0 Å². The number of hydrogen-bond acceptors (Lipinski definition) is 9. The normalized spacial score (nSPS) is 43.0. The van der Waals surface area contributed by atoms with Gasteiger partial charge in [0.25, 0.3) is 0 Å². The minimum atomic E-state index is -1.11. The van der Waals surface area contributed by atoms with Crippen LogP contribution in [0.4, 0.5) is 0 Å². The van der Waals surface area contributed by atoms with Gasteiger partial charge in [-0.2, -0.15) is 0 Å². The molecule has 4 aliphatic rings. The standard InChI is InChI=1S/C24H34O9/c1-12(2)7-18(27)32-16-9-23(10-29-14(4)25)17(8-13(16)3)33-21-19(28)20(31-15(5)26)22(23,6)24(21)11-30-24/h8,12,16-17,19-21,28H,7,9-11H2,1-6H3/t16-,17+,19+,20+,21-,22-,23-,24-/m1/s1. The number of aliphatic hydroxyl groups is 1. The summed E-state index contributed by atoms with van der Waals surface area (Å²) in [6.07, 6.45) is -1.46. The second-order valence-electron chi connectivity index (χ2n) is 10.5. The fourth-order valence-electron chi connectivity index (χ4n) is 6.26. The summed E-state index contributed by atoms with van der Waals surface area (Å²) in [6.45, 7) is 10.5. The fraction of sp³-hybridized carbons (Fsp3) is 0.792. The third-order valence-corrected chi connectivity index (χ3v) is 8.00. The highest BCUT2D eigenvalue weighted by Crippen LogP contribution is 2.72. The van der Waals surface area contributed by atoms with E-state index in [1.165, 1.54) is 13.8 Å². The number of carbonyl (C=O) groups is 3. The predicted octanol–water partition coefficient (Wildman–Crippen LogP) is 1.69. The van der Waals surface area contributed by atoms with Crippen LogP contribution in [0.25, 0.3) is 0 Å². The zero-order chi connectivity index (χ0) is 24.3. The van der Waals surface area contributed by atoms with E-state index in [9.17, 15) is 19.5 Å². The Morgan fingerprint density at radius 2 is 1.88 bits per heavy atom. The van der Waals surface area contributed by atoms with Crippen molar-refractivity contribution < 1.29 is 43.2 Å². The van der Waals surface area contributed by atoms with Crippen LogP contribution in [0, 0.1) is 16.7 Å². The molecule has 2 bridgehead atoms. The zero-order valence-corrected chi connectivity index (χ0v) is 20.1. The zero-order valence-electron chi connectivity index (χ0n) is 20.1. The Bertz CT molecular complexity index is 875. The van der Waals surface area contributed by atoms with Crippen molar-refractivity contribution in [1.29, 1.82) is 0 Å². The van der Waals surface area contributed by atoms with E-state index in [2.05, 4.69) is 0 Å². The second-order valence-corrected chi connectivity index (χ2v) is 10.5. The molecular weight excluding hydrogens is 432 g/mol. The van der Waals surface area contributed by atoms with E-state index in [1.807, 2.05) is 33.8 Å². The molecular formula is C24H34O9. The lowest BCUT2D eigenvalue weighted by molar-refractivity contribution is -0.241. The molecule has 0 aromatic heterocycles. The predicted molar refractivity (Wildman–Crippen MR) is 114 cm³/mol. The van der Waals surface area contributed by atoms with Gasteiger partial charge in [-0.05, 0) is 18.4 Å². The number of rotatable bonds is 6. The van der Waals surface area contributed by atoms with Gasteiger partial charge in [0.15, 0.2) is 0 Å². The summed E-state index contributed by atoms with van der Waals surface area (Å²) in [5.74, 6) is -1.18. The Labute approximate surface area is 193 Å². The Hall–Kier alpha value is -1.97. The van der Waals surface area contributed by atoms with Crippen molar-refractivity contribution in [1.82, 2.24) is 0 Å². The third-order valence-electron chi connectivity index (χ3n) is 8.00. The largest absolute Gasteiger partial charge is 0.465 e. The maximum atomic E-state index is 12.5. The SMILES string of the molecule is CC(=O)OC[C@]12C[C@@H](OC(=O)CC(C)C)C(C)=C[C@@H]1O[C@@H]1[C@@H](O)[C@H](OC(C)=O)[C@@]2(C)[C@@]12CO2. The Kier molecular flexibility index (Phi) is 5.90.